The summed E-state index contributed by atoms with van der Waals surface area (Å²) in [7, 11) is 0. The fraction of sp³-hybridized carbons (Fsp3) is 0.250. The van der Waals surface area contributed by atoms with E-state index in [1.807, 2.05) is 6.08 Å². The van der Waals surface area contributed by atoms with Gasteiger partial charge in [0.25, 0.3) is 0 Å². The van der Waals surface area contributed by atoms with E-state index in [9.17, 15) is 0 Å². The van der Waals surface area contributed by atoms with Crippen LogP contribution in [-0.4, -0.2) is 0 Å². The van der Waals surface area contributed by atoms with Crippen LogP contribution in [-0.2, 0) is 12.8 Å². The molecule has 0 atom stereocenters. The Morgan fingerprint density at radius 2 is 1.28 bits per heavy atom. The molecule has 0 bridgehead atoms. The van der Waals surface area contributed by atoms with E-state index in [-0.39, 0.29) is 0 Å². The van der Waals surface area contributed by atoms with Crippen molar-refractivity contribution < 1.29 is 0 Å². The molecule has 0 aromatic rings. The van der Waals surface area contributed by atoms with Crippen LogP contribution in [0.25, 0.3) is 40.5 Å². The number of hydrogen-bond acceptors (Lipinski definition) is 0. The van der Waals surface area contributed by atoms with E-state index < -0.39 is 0 Å². The maximum Gasteiger partial charge on any atom is -0.00758 e. The summed E-state index contributed by atoms with van der Waals surface area (Å²) in [6.07, 6.45) is 11.1. The van der Waals surface area contributed by atoms with Crippen LogP contribution in [0.3, 0.4) is 0 Å². The molecule has 0 aliphatic heterocycles. The van der Waals surface area contributed by atoms with E-state index in [0.29, 0.717) is 0 Å². The Balaban J connectivity index is 1.78. The first-order chi connectivity index (χ1) is 15.5. The second kappa shape index (κ2) is 9.57. The molecule has 4 aliphatic carbocycles. The standard InChI is InChI=1S/C32H34/c1-6-9-24-13-11-22(4)31-27(15-17-28(31)19-24)16-18-29-21-26(8-3)30-20-25(10-7-2)14-12-23(5)32(29)30/h8,11-21H,3,6-7,9-10H2,1-2,4-5H3. The minimum atomic E-state index is 1.10. The summed E-state index contributed by atoms with van der Waals surface area (Å²) in [5, 5.41) is 0. The average molecular weight is 419 g/mol. The van der Waals surface area contributed by atoms with Crippen LogP contribution < -0.4 is 0 Å². The molecule has 0 amide bonds. The first-order valence-corrected chi connectivity index (χ1v) is 11.9. The van der Waals surface area contributed by atoms with Gasteiger partial charge in [0, 0.05) is 0 Å². The molecule has 0 aromatic heterocycles. The molecule has 0 N–H and O–H groups in total. The van der Waals surface area contributed by atoms with Crippen molar-refractivity contribution in [3.8, 4) is 22.3 Å². The Hall–Kier alpha value is -3.12. The van der Waals surface area contributed by atoms with E-state index >= 15 is 0 Å². The monoisotopic (exact) mass is 418 g/mol. The van der Waals surface area contributed by atoms with Gasteiger partial charge in [0.1, 0.15) is 0 Å². The molecule has 0 saturated carbocycles. The molecule has 0 saturated heterocycles. The predicted octanol–water partition coefficient (Wildman–Crippen LogP) is 9.23. The van der Waals surface area contributed by atoms with Gasteiger partial charge in [-0.05, 0) is 94.0 Å². The molecule has 162 valence electrons. The zero-order valence-corrected chi connectivity index (χ0v) is 20.0. The van der Waals surface area contributed by atoms with Crippen LogP contribution >= 0.6 is 0 Å². The molecule has 0 aromatic carbocycles. The molecule has 0 spiro atoms. The molecule has 4 aliphatic rings. The van der Waals surface area contributed by atoms with Crippen LogP contribution in [0.4, 0.5) is 0 Å². The Labute approximate surface area is 194 Å². The van der Waals surface area contributed by atoms with E-state index in [1.165, 1.54) is 67.6 Å². The van der Waals surface area contributed by atoms with Gasteiger partial charge in [-0.2, -0.15) is 0 Å². The molecule has 4 rings (SSSR count). The molecule has 0 nitrogen and oxygen atoms in total. The molecule has 0 unspecified atom stereocenters. The zero-order valence-electron chi connectivity index (χ0n) is 20.0. The molecule has 32 heavy (non-hydrogen) atoms. The highest BCUT2D eigenvalue weighted by Gasteiger charge is 2.16. The number of hydrogen-bond donors (Lipinski definition) is 0. The summed E-state index contributed by atoms with van der Waals surface area (Å²) < 4.78 is 0. The molecule has 0 heteroatoms. The summed E-state index contributed by atoms with van der Waals surface area (Å²) in [6.45, 7) is 13.0. The van der Waals surface area contributed by atoms with E-state index in [2.05, 4.69) is 101 Å². The summed E-state index contributed by atoms with van der Waals surface area (Å²) in [4.78, 5) is 0. The Kier molecular flexibility index (Phi) is 6.61. The Morgan fingerprint density at radius 1 is 0.656 bits per heavy atom. The van der Waals surface area contributed by atoms with Gasteiger partial charge in [-0.1, -0.05) is 100 Å². The number of fused-ring (bicyclic) bond motifs is 2. The van der Waals surface area contributed by atoms with Crippen molar-refractivity contribution in [2.75, 3.05) is 0 Å². The first kappa shape index (κ1) is 22.1. The molecule has 0 radical (unpaired) electrons. The number of aryl methyl sites for hydroxylation is 4. The summed E-state index contributed by atoms with van der Waals surface area (Å²) in [6, 6.07) is 20.6. The summed E-state index contributed by atoms with van der Waals surface area (Å²) >= 11 is 0. The normalized spacial score (nSPS) is 11.6. The van der Waals surface area contributed by atoms with E-state index in [0.717, 1.165) is 19.3 Å². The molecule has 0 fully saturated rings. The lowest BCUT2D eigenvalue weighted by Crippen LogP contribution is -1.81. The van der Waals surface area contributed by atoms with Gasteiger partial charge in [-0.15, -0.1) is 0 Å². The van der Waals surface area contributed by atoms with Crippen LogP contribution in [0.2, 0.25) is 0 Å². The third-order valence-electron chi connectivity index (χ3n) is 6.49. The quantitative estimate of drug-likeness (QED) is 0.280. The lowest BCUT2D eigenvalue weighted by atomic mass is 10.0. The minimum absolute atomic E-state index is 1.10. The van der Waals surface area contributed by atoms with E-state index in [1.54, 1.807) is 0 Å². The highest BCUT2D eigenvalue weighted by Crippen LogP contribution is 2.38. The van der Waals surface area contributed by atoms with Crippen molar-refractivity contribution in [1.82, 2.24) is 0 Å². The lowest BCUT2D eigenvalue weighted by molar-refractivity contribution is 0.923. The van der Waals surface area contributed by atoms with Crippen molar-refractivity contribution >= 4 is 18.2 Å². The van der Waals surface area contributed by atoms with Crippen LogP contribution in [0.5, 0.6) is 0 Å². The first-order valence-electron chi connectivity index (χ1n) is 11.9. The lowest BCUT2D eigenvalue weighted by Gasteiger charge is -2.03. The molecular formula is C32H34. The Morgan fingerprint density at radius 3 is 1.94 bits per heavy atom. The molecule has 0 heterocycles. The van der Waals surface area contributed by atoms with Crippen LogP contribution in [0.1, 0.15) is 65.6 Å². The largest absolute Gasteiger partial charge is 0.0984 e. The van der Waals surface area contributed by atoms with Crippen LogP contribution in [0, 0.1) is 13.8 Å². The summed E-state index contributed by atoms with van der Waals surface area (Å²) in [5.74, 6) is 0. The van der Waals surface area contributed by atoms with Gasteiger partial charge in [0.2, 0.25) is 0 Å². The van der Waals surface area contributed by atoms with Crippen LogP contribution in [0.15, 0.2) is 61.2 Å². The van der Waals surface area contributed by atoms with Gasteiger partial charge in [0.15, 0.2) is 0 Å². The maximum absolute atomic E-state index is 4.09. The van der Waals surface area contributed by atoms with Gasteiger partial charge in [0.05, 0.1) is 0 Å². The minimum Gasteiger partial charge on any atom is -0.0984 e. The smallest absolute Gasteiger partial charge is 0.00758 e. The average Bonchev–Trinajstić information content (AvgIpc) is 3.24. The van der Waals surface area contributed by atoms with E-state index in [4.69, 9.17) is 0 Å². The molecular weight excluding hydrogens is 384 g/mol. The van der Waals surface area contributed by atoms with Gasteiger partial charge >= 0.3 is 0 Å². The SMILES string of the molecule is C=Cc1cc(C=Cc2ccc3cc(CCC)ccc(C)c2-3)c2c(C)ccc(CCC)cc1-2. The highest BCUT2D eigenvalue weighted by atomic mass is 14.2. The van der Waals surface area contributed by atoms with Gasteiger partial charge in [-0.25, -0.2) is 0 Å². The second-order valence-electron chi connectivity index (χ2n) is 8.97. The highest BCUT2D eigenvalue weighted by molar-refractivity contribution is 5.93. The third kappa shape index (κ3) is 4.28. The van der Waals surface area contributed by atoms with Crippen molar-refractivity contribution in [1.29, 1.82) is 0 Å². The summed E-state index contributed by atoms with van der Waals surface area (Å²) in [5.41, 5.74) is 14.6. The second-order valence-corrected chi connectivity index (χ2v) is 8.97. The van der Waals surface area contributed by atoms with Crippen molar-refractivity contribution in [3.63, 3.8) is 0 Å². The number of rotatable bonds is 7. The maximum atomic E-state index is 4.09. The van der Waals surface area contributed by atoms with Crippen molar-refractivity contribution in [2.24, 2.45) is 0 Å². The van der Waals surface area contributed by atoms with Crippen molar-refractivity contribution in [3.05, 3.63) is 100 Å². The van der Waals surface area contributed by atoms with Crippen molar-refractivity contribution in [2.45, 2.75) is 53.4 Å². The van der Waals surface area contributed by atoms with Gasteiger partial charge < -0.3 is 0 Å². The topological polar surface area (TPSA) is 0 Å². The van der Waals surface area contributed by atoms with Gasteiger partial charge in [-0.3, -0.25) is 0 Å². The fourth-order valence-corrected chi connectivity index (χ4v) is 4.92. The fourth-order valence-electron chi connectivity index (χ4n) is 4.92. The predicted molar refractivity (Wildman–Crippen MR) is 143 cm³/mol. The zero-order chi connectivity index (χ0) is 22.7. The Bertz CT molecular complexity index is 1220. The third-order valence-corrected chi connectivity index (χ3v) is 6.49.